The maximum absolute atomic E-state index is 13.1. The van der Waals surface area contributed by atoms with Gasteiger partial charge in [0.2, 0.25) is 6.08 Å². The number of nitrogens with zero attached hydrogens (tertiary/aromatic N) is 3. The van der Waals surface area contributed by atoms with Gasteiger partial charge in [0, 0.05) is 35.9 Å². The van der Waals surface area contributed by atoms with Crippen molar-refractivity contribution in [3.63, 3.8) is 0 Å². The fourth-order valence-electron chi connectivity index (χ4n) is 2.66. The van der Waals surface area contributed by atoms with Crippen LogP contribution in [0.3, 0.4) is 0 Å². The van der Waals surface area contributed by atoms with Crippen LogP contribution >= 0.6 is 11.3 Å². The third kappa shape index (κ3) is 4.26. The summed E-state index contributed by atoms with van der Waals surface area (Å²) in [4.78, 5) is 38.4. The van der Waals surface area contributed by atoms with Crippen LogP contribution in [0.1, 0.15) is 31.0 Å². The lowest BCUT2D eigenvalue weighted by atomic mass is 9.82. The van der Waals surface area contributed by atoms with Crippen LogP contribution in [0.25, 0.3) is 0 Å². The van der Waals surface area contributed by atoms with E-state index in [1.807, 2.05) is 13.8 Å². The van der Waals surface area contributed by atoms with Crippen molar-refractivity contribution in [2.75, 3.05) is 0 Å². The maximum Gasteiger partial charge on any atom is 0.235 e. The van der Waals surface area contributed by atoms with Crippen molar-refractivity contribution in [1.29, 1.82) is 0 Å². The highest BCUT2D eigenvalue weighted by atomic mass is 32.1. The Morgan fingerprint density at radius 2 is 2.32 bits per heavy atom. The van der Waals surface area contributed by atoms with Crippen LogP contribution in [0.2, 0.25) is 0 Å². The molecule has 0 fully saturated rings. The van der Waals surface area contributed by atoms with Gasteiger partial charge in [-0.15, -0.1) is 11.3 Å². The zero-order chi connectivity index (χ0) is 18.4. The largest absolute Gasteiger partial charge is 0.374 e. The molecule has 8 nitrogen and oxygen atoms in total. The van der Waals surface area contributed by atoms with Crippen molar-refractivity contribution in [3.05, 3.63) is 34.8 Å². The van der Waals surface area contributed by atoms with Crippen LogP contribution in [0.4, 0.5) is 0 Å². The number of isocyanates is 1. The standard InChI is InChI=1S/C16H21N5O3S/c1-10(2)5-13(17)16(24,15-19-3-4-25-15)14(23)12(21-9-22)6-11-7-18-8-20-11/h3-4,7-8,10,12-13,24H,5-6,17H2,1-2H3,(H,18,20)/t12-,13-,16+/m0/s1. The van der Waals surface area contributed by atoms with Gasteiger partial charge in [-0.2, -0.15) is 4.99 Å². The van der Waals surface area contributed by atoms with Crippen molar-refractivity contribution in [2.24, 2.45) is 16.6 Å². The molecule has 25 heavy (non-hydrogen) atoms. The van der Waals surface area contributed by atoms with Gasteiger partial charge >= 0.3 is 0 Å². The molecule has 2 heterocycles. The van der Waals surface area contributed by atoms with E-state index in [1.54, 1.807) is 5.38 Å². The number of H-pyrrole nitrogens is 1. The Bertz CT molecular complexity index is 725. The number of hydrogen-bond acceptors (Lipinski definition) is 8. The third-order valence-corrected chi connectivity index (χ3v) is 4.77. The third-order valence-electron chi connectivity index (χ3n) is 3.88. The van der Waals surface area contributed by atoms with Crippen molar-refractivity contribution < 1.29 is 14.7 Å². The van der Waals surface area contributed by atoms with E-state index in [2.05, 4.69) is 19.9 Å². The second kappa shape index (κ2) is 8.26. The number of Topliss-reactive ketones (excluding diaryl/α,β-unsaturated/α-hetero) is 1. The first-order chi connectivity index (χ1) is 11.9. The second-order valence-electron chi connectivity index (χ2n) is 6.22. The number of aliphatic imine (C=N–C) groups is 1. The van der Waals surface area contributed by atoms with Crippen molar-refractivity contribution >= 4 is 23.2 Å². The number of carbonyl (C=O) groups is 1. The molecule has 2 aromatic rings. The molecule has 0 radical (unpaired) electrons. The van der Waals surface area contributed by atoms with Crippen LogP contribution in [-0.4, -0.2) is 44.0 Å². The normalized spacial score (nSPS) is 16.0. The van der Waals surface area contributed by atoms with E-state index in [-0.39, 0.29) is 17.3 Å². The molecule has 0 aliphatic heterocycles. The first kappa shape index (κ1) is 19.1. The van der Waals surface area contributed by atoms with E-state index in [0.29, 0.717) is 12.1 Å². The lowest BCUT2D eigenvalue weighted by Crippen LogP contribution is -2.55. The average Bonchev–Trinajstić information content (AvgIpc) is 3.26. The molecule has 0 saturated carbocycles. The van der Waals surface area contributed by atoms with Gasteiger partial charge in [-0.1, -0.05) is 13.8 Å². The van der Waals surface area contributed by atoms with E-state index in [1.165, 1.54) is 24.8 Å². The summed E-state index contributed by atoms with van der Waals surface area (Å²) in [5, 5.41) is 13.1. The molecule has 2 aromatic heterocycles. The smallest absolute Gasteiger partial charge is 0.235 e. The molecule has 0 aromatic carbocycles. The van der Waals surface area contributed by atoms with Crippen LogP contribution in [0.15, 0.2) is 29.1 Å². The van der Waals surface area contributed by atoms with Gasteiger partial charge < -0.3 is 15.8 Å². The summed E-state index contributed by atoms with van der Waals surface area (Å²) in [6.45, 7) is 3.89. The summed E-state index contributed by atoms with van der Waals surface area (Å²) in [5.41, 5.74) is 4.77. The van der Waals surface area contributed by atoms with Gasteiger partial charge in [0.1, 0.15) is 11.0 Å². The van der Waals surface area contributed by atoms with Gasteiger partial charge in [-0.3, -0.25) is 4.79 Å². The monoisotopic (exact) mass is 363 g/mol. The Balaban J connectivity index is 2.40. The molecule has 0 aliphatic rings. The Hall–Kier alpha value is -2.19. The highest BCUT2D eigenvalue weighted by Crippen LogP contribution is 2.32. The highest BCUT2D eigenvalue weighted by molar-refractivity contribution is 7.09. The predicted octanol–water partition coefficient (Wildman–Crippen LogP) is 0.943. The van der Waals surface area contributed by atoms with Crippen molar-refractivity contribution in [2.45, 2.75) is 44.4 Å². The molecular formula is C16H21N5O3S. The molecule has 0 unspecified atom stereocenters. The number of rotatable bonds is 9. The summed E-state index contributed by atoms with van der Waals surface area (Å²) in [6, 6.07) is -2.01. The Morgan fingerprint density at radius 3 is 2.84 bits per heavy atom. The van der Waals surface area contributed by atoms with E-state index >= 15 is 0 Å². The molecule has 9 heteroatoms. The number of nitrogens with two attached hydrogens (primary N) is 1. The SMILES string of the molecule is CC(C)C[C@H](N)[C@@](O)(C(=O)[C@H](Cc1cnc[nH]1)N=C=O)c1nccs1. The number of aromatic nitrogens is 3. The Kier molecular flexibility index (Phi) is 6.33. The second-order valence-corrected chi connectivity index (χ2v) is 7.12. The number of carbonyl (C=O) groups excluding carboxylic acids is 2. The Labute approximate surface area is 149 Å². The zero-order valence-electron chi connectivity index (χ0n) is 14.0. The quantitative estimate of drug-likeness (QED) is 0.448. The van der Waals surface area contributed by atoms with E-state index in [9.17, 15) is 14.7 Å². The molecule has 0 spiro atoms. The number of hydrogen-bond donors (Lipinski definition) is 3. The molecule has 0 amide bonds. The minimum Gasteiger partial charge on any atom is -0.374 e. The lowest BCUT2D eigenvalue weighted by molar-refractivity contribution is -0.142. The lowest BCUT2D eigenvalue weighted by Gasteiger charge is -2.33. The van der Waals surface area contributed by atoms with E-state index < -0.39 is 23.5 Å². The number of aliphatic hydroxyl groups is 1. The van der Waals surface area contributed by atoms with Gasteiger partial charge in [0.05, 0.1) is 6.33 Å². The highest BCUT2D eigenvalue weighted by Gasteiger charge is 2.49. The minimum atomic E-state index is -2.02. The summed E-state index contributed by atoms with van der Waals surface area (Å²) >= 11 is 1.13. The number of imidazole rings is 1. The topological polar surface area (TPSA) is 134 Å². The number of nitrogens with one attached hydrogen (secondary N) is 1. The molecule has 2 rings (SSSR count). The average molecular weight is 363 g/mol. The van der Waals surface area contributed by atoms with Gasteiger partial charge in [0.15, 0.2) is 11.4 Å². The van der Waals surface area contributed by atoms with Crippen molar-refractivity contribution in [3.8, 4) is 0 Å². The first-order valence-electron chi connectivity index (χ1n) is 7.86. The number of ketones is 1. The van der Waals surface area contributed by atoms with Gasteiger partial charge in [-0.05, 0) is 12.3 Å². The predicted molar refractivity (Wildman–Crippen MR) is 92.6 cm³/mol. The molecular weight excluding hydrogens is 342 g/mol. The van der Waals surface area contributed by atoms with Gasteiger partial charge in [-0.25, -0.2) is 14.8 Å². The minimum absolute atomic E-state index is 0.0795. The molecule has 0 bridgehead atoms. The van der Waals surface area contributed by atoms with Crippen molar-refractivity contribution in [1.82, 2.24) is 15.0 Å². The first-order valence-corrected chi connectivity index (χ1v) is 8.74. The molecule has 0 aliphatic carbocycles. The fourth-order valence-corrected chi connectivity index (χ4v) is 3.46. The Morgan fingerprint density at radius 1 is 1.56 bits per heavy atom. The maximum atomic E-state index is 13.1. The van der Waals surface area contributed by atoms with Crippen LogP contribution in [0.5, 0.6) is 0 Å². The van der Waals surface area contributed by atoms with E-state index in [4.69, 9.17) is 5.73 Å². The van der Waals surface area contributed by atoms with Gasteiger partial charge in [0.25, 0.3) is 0 Å². The van der Waals surface area contributed by atoms with Crippen LogP contribution < -0.4 is 5.73 Å². The molecule has 0 saturated heterocycles. The summed E-state index contributed by atoms with van der Waals surface area (Å²) in [6.07, 6.45) is 6.37. The number of aromatic amines is 1. The van der Waals surface area contributed by atoms with Crippen LogP contribution in [-0.2, 0) is 21.6 Å². The van der Waals surface area contributed by atoms with E-state index in [0.717, 1.165) is 11.3 Å². The fraction of sp³-hybridized carbons (Fsp3) is 0.500. The molecule has 3 atom stereocenters. The summed E-state index contributed by atoms with van der Waals surface area (Å²) in [5.74, 6) is -0.511. The summed E-state index contributed by atoms with van der Waals surface area (Å²) in [7, 11) is 0. The van der Waals surface area contributed by atoms with Crippen LogP contribution in [0, 0.1) is 5.92 Å². The molecule has 4 N–H and O–H groups in total. The number of thiazole rings is 1. The molecule has 134 valence electrons. The summed E-state index contributed by atoms with van der Waals surface area (Å²) < 4.78 is 0. The zero-order valence-corrected chi connectivity index (χ0v) is 14.9.